The van der Waals surface area contributed by atoms with Crippen molar-refractivity contribution in [3.63, 3.8) is 0 Å². The molecule has 0 N–H and O–H groups in total. The number of ether oxygens (including phenoxy) is 1. The maximum Gasteiger partial charge on any atom is 0.434 e. The highest BCUT2D eigenvalue weighted by Crippen LogP contribution is 2.36. The van der Waals surface area contributed by atoms with Crippen molar-refractivity contribution in [2.75, 3.05) is 7.11 Å². The number of carbonyl (C=O) groups excluding carboxylic acids is 1. The van der Waals surface area contributed by atoms with Gasteiger partial charge < -0.3 is 4.74 Å². The number of pyridine rings is 1. The highest BCUT2D eigenvalue weighted by Gasteiger charge is 2.37. The summed E-state index contributed by atoms with van der Waals surface area (Å²) in [6.07, 6.45) is -8.35. The van der Waals surface area contributed by atoms with Gasteiger partial charge in [0.1, 0.15) is 5.69 Å². The van der Waals surface area contributed by atoms with Crippen LogP contribution in [0.2, 0.25) is 5.02 Å². The van der Waals surface area contributed by atoms with Crippen molar-refractivity contribution in [2.45, 2.75) is 12.6 Å². The summed E-state index contributed by atoms with van der Waals surface area (Å²) in [7, 11) is 0.892. The zero-order chi connectivity index (χ0) is 14.1. The summed E-state index contributed by atoms with van der Waals surface area (Å²) in [5.41, 5.74) is -3.80. The molecule has 100 valence electrons. The Morgan fingerprint density at radius 3 is 2.39 bits per heavy atom. The van der Waals surface area contributed by atoms with E-state index in [1.54, 1.807) is 0 Å². The molecule has 9 heteroatoms. The number of hydrogen-bond acceptors (Lipinski definition) is 3. The van der Waals surface area contributed by atoms with E-state index in [1.807, 2.05) is 0 Å². The third-order valence-corrected chi connectivity index (χ3v) is 2.17. The van der Waals surface area contributed by atoms with Crippen LogP contribution >= 0.6 is 11.6 Å². The lowest BCUT2D eigenvalue weighted by Gasteiger charge is -2.12. The van der Waals surface area contributed by atoms with E-state index in [0.29, 0.717) is 6.07 Å². The van der Waals surface area contributed by atoms with Crippen LogP contribution in [0.4, 0.5) is 22.0 Å². The largest absolute Gasteiger partial charge is 0.465 e. The molecule has 0 bridgehead atoms. The molecule has 0 saturated heterocycles. The summed E-state index contributed by atoms with van der Waals surface area (Å²) in [6.45, 7) is 0. The summed E-state index contributed by atoms with van der Waals surface area (Å²) < 4.78 is 66.4. The molecule has 3 nitrogen and oxygen atoms in total. The van der Waals surface area contributed by atoms with Crippen molar-refractivity contribution in [2.24, 2.45) is 0 Å². The molecule has 0 unspecified atom stereocenters. The van der Waals surface area contributed by atoms with E-state index in [0.717, 1.165) is 7.11 Å². The van der Waals surface area contributed by atoms with Crippen LogP contribution in [0.3, 0.4) is 0 Å². The lowest BCUT2D eigenvalue weighted by Crippen LogP contribution is -2.15. The molecular weight excluding hydrogens is 285 g/mol. The highest BCUT2D eigenvalue weighted by atomic mass is 35.5. The van der Waals surface area contributed by atoms with Gasteiger partial charge in [-0.3, -0.25) is 0 Å². The fourth-order valence-corrected chi connectivity index (χ4v) is 1.40. The second kappa shape index (κ2) is 5.05. The Balaban J connectivity index is 3.49. The topological polar surface area (TPSA) is 39.2 Å². The molecule has 0 fully saturated rings. The van der Waals surface area contributed by atoms with Gasteiger partial charge in [-0.25, -0.2) is 18.6 Å². The lowest BCUT2D eigenvalue weighted by molar-refractivity contribution is -0.141. The molecule has 1 rings (SSSR count). The quantitative estimate of drug-likeness (QED) is 0.618. The summed E-state index contributed by atoms with van der Waals surface area (Å²) in [5, 5.41) is -0.952. The first-order valence-corrected chi connectivity index (χ1v) is 4.70. The first kappa shape index (κ1) is 14.6. The molecule has 0 amide bonds. The van der Waals surface area contributed by atoms with Crippen LogP contribution in [0, 0.1) is 0 Å². The van der Waals surface area contributed by atoms with E-state index in [9.17, 15) is 26.7 Å². The van der Waals surface area contributed by atoms with Gasteiger partial charge in [0.05, 0.1) is 17.7 Å². The lowest BCUT2D eigenvalue weighted by atomic mass is 10.1. The van der Waals surface area contributed by atoms with Crippen molar-refractivity contribution >= 4 is 17.6 Å². The number of halogens is 6. The Morgan fingerprint density at radius 1 is 1.44 bits per heavy atom. The molecular formula is C9H5ClF5NO2. The summed E-state index contributed by atoms with van der Waals surface area (Å²) in [5.74, 6) is -1.24. The van der Waals surface area contributed by atoms with Crippen molar-refractivity contribution in [3.05, 3.63) is 28.0 Å². The number of methoxy groups -OCH3 is 1. The van der Waals surface area contributed by atoms with Crippen LogP contribution in [0.15, 0.2) is 6.07 Å². The molecule has 0 aliphatic carbocycles. The smallest absolute Gasteiger partial charge is 0.434 e. The van der Waals surface area contributed by atoms with E-state index < -0.39 is 40.5 Å². The third-order valence-electron chi connectivity index (χ3n) is 1.89. The molecule has 0 spiro atoms. The molecule has 1 aromatic heterocycles. The first-order chi connectivity index (χ1) is 8.18. The number of hydrogen-bond donors (Lipinski definition) is 0. The van der Waals surface area contributed by atoms with Gasteiger partial charge in [-0.2, -0.15) is 13.2 Å². The predicted octanol–water partition coefficient (Wildman–Crippen LogP) is 3.48. The maximum atomic E-state index is 12.5. The SMILES string of the molecule is COC(=O)c1cc(Cl)c(C(F)(F)F)nc1C(F)F. The number of nitrogens with zero attached hydrogens (tertiary/aromatic N) is 1. The average Bonchev–Trinajstić information content (AvgIpc) is 2.25. The van der Waals surface area contributed by atoms with E-state index in [-0.39, 0.29) is 0 Å². The van der Waals surface area contributed by atoms with Gasteiger partial charge in [-0.1, -0.05) is 11.6 Å². The molecule has 0 atom stereocenters. The maximum absolute atomic E-state index is 12.5. The van der Waals surface area contributed by atoms with Gasteiger partial charge in [-0.05, 0) is 6.07 Å². The summed E-state index contributed by atoms with van der Waals surface area (Å²) in [6, 6.07) is 0.463. The van der Waals surface area contributed by atoms with E-state index in [4.69, 9.17) is 11.6 Å². The fraction of sp³-hybridized carbons (Fsp3) is 0.333. The zero-order valence-electron chi connectivity index (χ0n) is 8.69. The van der Waals surface area contributed by atoms with E-state index in [1.165, 1.54) is 0 Å². The normalized spacial score (nSPS) is 11.8. The number of aromatic nitrogens is 1. The molecule has 1 aromatic rings. The first-order valence-electron chi connectivity index (χ1n) is 4.32. The molecule has 0 aromatic carbocycles. The second-order valence-corrected chi connectivity index (χ2v) is 3.45. The van der Waals surface area contributed by atoms with Crippen molar-refractivity contribution in [1.82, 2.24) is 4.98 Å². The monoisotopic (exact) mass is 289 g/mol. The van der Waals surface area contributed by atoms with Crippen LogP contribution in [-0.4, -0.2) is 18.1 Å². The van der Waals surface area contributed by atoms with E-state index in [2.05, 4.69) is 9.72 Å². The summed E-state index contributed by atoms with van der Waals surface area (Å²) >= 11 is 5.26. The van der Waals surface area contributed by atoms with Crippen LogP contribution in [0.1, 0.15) is 28.2 Å². The van der Waals surface area contributed by atoms with Crippen molar-refractivity contribution < 1.29 is 31.5 Å². The van der Waals surface area contributed by atoms with Crippen molar-refractivity contribution in [3.8, 4) is 0 Å². The van der Waals surface area contributed by atoms with Crippen molar-refractivity contribution in [1.29, 1.82) is 0 Å². The van der Waals surface area contributed by atoms with Gasteiger partial charge >= 0.3 is 12.1 Å². The Kier molecular flexibility index (Phi) is 4.10. The molecule has 0 aliphatic heterocycles. The average molecular weight is 290 g/mol. The number of rotatable bonds is 2. The predicted molar refractivity (Wildman–Crippen MR) is 50.5 cm³/mol. The Labute approximate surface area is 103 Å². The van der Waals surface area contributed by atoms with Gasteiger partial charge in [0.2, 0.25) is 0 Å². The standard InChI is InChI=1S/C9H5ClF5NO2/c1-18-8(17)3-2-4(10)6(9(13,14)15)16-5(3)7(11)12/h2,7H,1H3. The molecule has 0 radical (unpaired) electrons. The van der Waals surface area contributed by atoms with Gasteiger partial charge in [-0.15, -0.1) is 0 Å². The molecule has 18 heavy (non-hydrogen) atoms. The number of alkyl halides is 5. The van der Waals surface area contributed by atoms with Gasteiger partial charge in [0.25, 0.3) is 6.43 Å². The Morgan fingerprint density at radius 2 is 2.00 bits per heavy atom. The Bertz CT molecular complexity index is 475. The molecule has 1 heterocycles. The minimum atomic E-state index is -4.99. The van der Waals surface area contributed by atoms with E-state index >= 15 is 0 Å². The third kappa shape index (κ3) is 2.87. The fourth-order valence-electron chi connectivity index (χ4n) is 1.14. The molecule has 0 aliphatic rings. The highest BCUT2D eigenvalue weighted by molar-refractivity contribution is 6.31. The van der Waals surface area contributed by atoms with Crippen LogP contribution in [0.5, 0.6) is 0 Å². The Hall–Kier alpha value is -1.44. The van der Waals surface area contributed by atoms with Crippen LogP contribution in [0.25, 0.3) is 0 Å². The number of carbonyl (C=O) groups is 1. The van der Waals surface area contributed by atoms with Gasteiger partial charge in [0, 0.05) is 0 Å². The number of esters is 1. The minimum absolute atomic E-state index is 0.463. The van der Waals surface area contributed by atoms with Crippen LogP contribution < -0.4 is 0 Å². The summed E-state index contributed by atoms with van der Waals surface area (Å²) in [4.78, 5) is 13.8. The second-order valence-electron chi connectivity index (χ2n) is 3.04. The molecule has 0 saturated carbocycles. The zero-order valence-corrected chi connectivity index (χ0v) is 9.44. The van der Waals surface area contributed by atoms with Gasteiger partial charge in [0.15, 0.2) is 5.69 Å². The minimum Gasteiger partial charge on any atom is -0.465 e. The van der Waals surface area contributed by atoms with Crippen LogP contribution in [-0.2, 0) is 10.9 Å².